The van der Waals surface area contributed by atoms with Crippen LogP contribution in [0.5, 0.6) is 0 Å². The van der Waals surface area contributed by atoms with Gasteiger partial charge in [-0.15, -0.1) is 0 Å². The molecule has 0 radical (unpaired) electrons. The van der Waals surface area contributed by atoms with Crippen LogP contribution in [0.1, 0.15) is 30.9 Å². The molecule has 0 spiro atoms. The number of benzene rings is 1. The molecule has 0 fully saturated rings. The number of aryl methyl sites for hydroxylation is 1. The molecule has 0 saturated carbocycles. The Morgan fingerprint density at radius 3 is 2.35 bits per heavy atom. The summed E-state index contributed by atoms with van der Waals surface area (Å²) in [6.07, 6.45) is 0. The molecule has 1 rings (SSSR count). The minimum absolute atomic E-state index is 0.336. The molecule has 0 unspecified atom stereocenters. The van der Waals surface area contributed by atoms with Gasteiger partial charge in [-0.2, -0.15) is 0 Å². The van der Waals surface area contributed by atoms with E-state index >= 15 is 0 Å². The van der Waals surface area contributed by atoms with Crippen LogP contribution in [0.4, 0.5) is 5.69 Å². The zero-order valence-corrected chi connectivity index (χ0v) is 10.5. The Morgan fingerprint density at radius 1 is 1.29 bits per heavy atom. The standard InChI is InChI=1S/C13H17NO3/c1-8(2)10-6-5-9(3)11(7-10)14(4)12(15)13(16)17/h5-8H,1-4H3,(H,16,17). The summed E-state index contributed by atoms with van der Waals surface area (Å²) in [5, 5.41) is 8.69. The van der Waals surface area contributed by atoms with Crippen LogP contribution in [0.2, 0.25) is 0 Å². The summed E-state index contributed by atoms with van der Waals surface area (Å²) in [6, 6.07) is 5.75. The number of hydrogen-bond donors (Lipinski definition) is 1. The first kappa shape index (κ1) is 13.2. The lowest BCUT2D eigenvalue weighted by Crippen LogP contribution is -2.33. The summed E-state index contributed by atoms with van der Waals surface area (Å²) in [5.41, 5.74) is 2.60. The van der Waals surface area contributed by atoms with Crippen molar-refractivity contribution >= 4 is 17.6 Å². The lowest BCUT2D eigenvalue weighted by molar-refractivity contribution is -0.148. The van der Waals surface area contributed by atoms with Crippen molar-refractivity contribution in [1.82, 2.24) is 0 Å². The third kappa shape index (κ3) is 2.84. The molecule has 4 nitrogen and oxygen atoms in total. The molecule has 0 heterocycles. The highest BCUT2D eigenvalue weighted by Crippen LogP contribution is 2.24. The number of carboxylic acids is 1. The number of amides is 1. The van der Waals surface area contributed by atoms with Gasteiger partial charge in [0.1, 0.15) is 0 Å². The molecule has 0 aromatic heterocycles. The highest BCUT2D eigenvalue weighted by Gasteiger charge is 2.20. The maximum atomic E-state index is 11.4. The zero-order chi connectivity index (χ0) is 13.2. The summed E-state index contributed by atoms with van der Waals surface area (Å²) < 4.78 is 0. The minimum atomic E-state index is -1.44. The van der Waals surface area contributed by atoms with Crippen LogP contribution >= 0.6 is 0 Å². The molecule has 1 aromatic rings. The minimum Gasteiger partial charge on any atom is -0.474 e. The highest BCUT2D eigenvalue weighted by atomic mass is 16.4. The summed E-state index contributed by atoms with van der Waals surface area (Å²) in [7, 11) is 1.48. The second-order valence-corrected chi connectivity index (χ2v) is 4.37. The van der Waals surface area contributed by atoms with Crippen LogP contribution in [-0.4, -0.2) is 24.0 Å². The fraction of sp³-hybridized carbons (Fsp3) is 0.385. The van der Waals surface area contributed by atoms with Crippen LogP contribution in [0.25, 0.3) is 0 Å². The van der Waals surface area contributed by atoms with E-state index in [1.54, 1.807) is 0 Å². The molecule has 0 aliphatic heterocycles. The topological polar surface area (TPSA) is 57.6 Å². The number of aliphatic carboxylic acids is 1. The van der Waals surface area contributed by atoms with E-state index in [1.807, 2.05) is 39.0 Å². The molecular weight excluding hydrogens is 218 g/mol. The van der Waals surface area contributed by atoms with Gasteiger partial charge in [0, 0.05) is 12.7 Å². The summed E-state index contributed by atoms with van der Waals surface area (Å²) in [5.74, 6) is -2.03. The molecule has 1 N–H and O–H groups in total. The zero-order valence-electron chi connectivity index (χ0n) is 10.5. The van der Waals surface area contributed by atoms with Gasteiger partial charge in [0.2, 0.25) is 0 Å². The quantitative estimate of drug-likeness (QED) is 0.799. The van der Waals surface area contributed by atoms with Crippen molar-refractivity contribution in [3.63, 3.8) is 0 Å². The lowest BCUT2D eigenvalue weighted by Gasteiger charge is -2.19. The van der Waals surface area contributed by atoms with Gasteiger partial charge in [-0.3, -0.25) is 4.79 Å². The molecule has 0 atom stereocenters. The molecule has 0 aliphatic rings. The highest BCUT2D eigenvalue weighted by molar-refractivity contribution is 6.37. The second-order valence-electron chi connectivity index (χ2n) is 4.37. The number of likely N-dealkylation sites (N-methyl/N-ethyl adjacent to an activating group) is 1. The van der Waals surface area contributed by atoms with E-state index in [0.717, 1.165) is 11.1 Å². The predicted molar refractivity (Wildman–Crippen MR) is 66.3 cm³/mol. The molecule has 1 aromatic carbocycles. The number of rotatable bonds is 2. The Balaban J connectivity index is 3.16. The number of nitrogens with zero attached hydrogens (tertiary/aromatic N) is 1. The molecule has 17 heavy (non-hydrogen) atoms. The average molecular weight is 235 g/mol. The number of anilines is 1. The van der Waals surface area contributed by atoms with Crippen LogP contribution < -0.4 is 4.90 Å². The third-order valence-electron chi connectivity index (χ3n) is 2.75. The third-order valence-corrected chi connectivity index (χ3v) is 2.75. The Hall–Kier alpha value is -1.84. The fourth-order valence-corrected chi connectivity index (χ4v) is 1.60. The maximum absolute atomic E-state index is 11.4. The maximum Gasteiger partial charge on any atom is 0.394 e. The van der Waals surface area contributed by atoms with Crippen molar-refractivity contribution in [2.75, 3.05) is 11.9 Å². The fourth-order valence-electron chi connectivity index (χ4n) is 1.60. The molecule has 4 heteroatoms. The van der Waals surface area contributed by atoms with E-state index in [1.165, 1.54) is 11.9 Å². The summed E-state index contributed by atoms with van der Waals surface area (Å²) in [6.45, 7) is 5.95. The van der Waals surface area contributed by atoms with Crippen molar-refractivity contribution in [2.24, 2.45) is 0 Å². The molecular formula is C13H17NO3. The first-order valence-corrected chi connectivity index (χ1v) is 5.46. The van der Waals surface area contributed by atoms with E-state index in [-0.39, 0.29) is 0 Å². The van der Waals surface area contributed by atoms with Gasteiger partial charge < -0.3 is 10.0 Å². The van der Waals surface area contributed by atoms with Crippen molar-refractivity contribution in [3.05, 3.63) is 29.3 Å². The molecule has 92 valence electrons. The largest absolute Gasteiger partial charge is 0.474 e. The van der Waals surface area contributed by atoms with Gasteiger partial charge in [0.15, 0.2) is 0 Å². The van der Waals surface area contributed by atoms with Gasteiger partial charge >= 0.3 is 11.9 Å². The predicted octanol–water partition coefficient (Wildman–Crippen LogP) is 2.17. The van der Waals surface area contributed by atoms with Crippen molar-refractivity contribution in [3.8, 4) is 0 Å². The summed E-state index contributed by atoms with van der Waals surface area (Å²) >= 11 is 0. The van der Waals surface area contributed by atoms with E-state index in [0.29, 0.717) is 11.6 Å². The first-order valence-electron chi connectivity index (χ1n) is 5.46. The molecule has 0 saturated heterocycles. The molecule has 0 bridgehead atoms. The van der Waals surface area contributed by atoms with Gasteiger partial charge in [0.05, 0.1) is 0 Å². The van der Waals surface area contributed by atoms with E-state index in [2.05, 4.69) is 0 Å². The van der Waals surface area contributed by atoms with E-state index in [4.69, 9.17) is 5.11 Å². The van der Waals surface area contributed by atoms with Gasteiger partial charge in [0.25, 0.3) is 0 Å². The van der Waals surface area contributed by atoms with Crippen molar-refractivity contribution in [2.45, 2.75) is 26.7 Å². The number of hydrogen-bond acceptors (Lipinski definition) is 2. The van der Waals surface area contributed by atoms with Gasteiger partial charge in [-0.1, -0.05) is 26.0 Å². The monoisotopic (exact) mass is 235 g/mol. The normalized spacial score (nSPS) is 10.4. The van der Waals surface area contributed by atoms with E-state index < -0.39 is 11.9 Å². The molecule has 1 amide bonds. The Morgan fingerprint density at radius 2 is 1.88 bits per heavy atom. The molecule has 0 aliphatic carbocycles. The lowest BCUT2D eigenvalue weighted by atomic mass is 10.0. The van der Waals surface area contributed by atoms with E-state index in [9.17, 15) is 9.59 Å². The smallest absolute Gasteiger partial charge is 0.394 e. The Kier molecular flexibility index (Phi) is 3.89. The summed E-state index contributed by atoms with van der Waals surface area (Å²) in [4.78, 5) is 23.2. The van der Waals surface area contributed by atoms with Crippen LogP contribution in [0.15, 0.2) is 18.2 Å². The van der Waals surface area contributed by atoms with Crippen molar-refractivity contribution in [1.29, 1.82) is 0 Å². The number of carbonyl (C=O) groups excluding carboxylic acids is 1. The van der Waals surface area contributed by atoms with Gasteiger partial charge in [-0.25, -0.2) is 4.79 Å². The van der Waals surface area contributed by atoms with Crippen molar-refractivity contribution < 1.29 is 14.7 Å². The second kappa shape index (κ2) is 4.99. The van der Waals surface area contributed by atoms with Crippen LogP contribution in [0.3, 0.4) is 0 Å². The average Bonchev–Trinajstić information content (AvgIpc) is 2.27. The van der Waals surface area contributed by atoms with Crippen LogP contribution in [-0.2, 0) is 9.59 Å². The Bertz CT molecular complexity index is 452. The first-order chi connectivity index (χ1) is 7.84. The van der Waals surface area contributed by atoms with Gasteiger partial charge in [-0.05, 0) is 30.0 Å². The SMILES string of the molecule is Cc1ccc(C(C)C)cc1N(C)C(=O)C(=O)O. The number of carbonyl (C=O) groups is 2. The number of carboxylic acid groups (broad SMARTS) is 1. The Labute approximate surface area is 101 Å². The van der Waals surface area contributed by atoms with Crippen LogP contribution in [0, 0.1) is 6.92 Å².